The van der Waals surface area contributed by atoms with Crippen molar-refractivity contribution in [3.05, 3.63) is 41.2 Å². The van der Waals surface area contributed by atoms with Crippen LogP contribution in [0.2, 0.25) is 0 Å². The zero-order chi connectivity index (χ0) is 17.1. The predicted octanol–water partition coefficient (Wildman–Crippen LogP) is 2.68. The molecule has 24 heavy (non-hydrogen) atoms. The van der Waals surface area contributed by atoms with Crippen LogP contribution in [0.1, 0.15) is 31.1 Å². The molecule has 3 rings (SSSR count). The number of halogens is 1. The molecule has 1 aromatic carbocycles. The van der Waals surface area contributed by atoms with Gasteiger partial charge >= 0.3 is 0 Å². The van der Waals surface area contributed by atoms with E-state index < -0.39 is 0 Å². The largest absolute Gasteiger partial charge is 0.352 e. The fourth-order valence-corrected chi connectivity index (χ4v) is 2.74. The number of benzene rings is 1. The number of nitrogens with one attached hydrogen (secondary N) is 1. The van der Waals surface area contributed by atoms with Gasteiger partial charge in [-0.1, -0.05) is 13.8 Å². The van der Waals surface area contributed by atoms with Crippen molar-refractivity contribution in [2.75, 3.05) is 11.9 Å². The van der Waals surface area contributed by atoms with Gasteiger partial charge in [0.25, 0.3) is 0 Å². The monoisotopic (exact) mass is 328 g/mol. The molecule has 126 valence electrons. The normalized spacial score (nSPS) is 11.2. The molecule has 0 aliphatic carbocycles. The van der Waals surface area contributed by atoms with Crippen molar-refractivity contribution < 1.29 is 4.39 Å². The number of hydrogen-bond acceptors (Lipinski definition) is 5. The van der Waals surface area contributed by atoms with Crippen LogP contribution in [0.5, 0.6) is 0 Å². The second-order valence-corrected chi connectivity index (χ2v) is 5.63. The van der Waals surface area contributed by atoms with E-state index in [0.29, 0.717) is 18.9 Å². The summed E-state index contributed by atoms with van der Waals surface area (Å²) >= 11 is 0. The van der Waals surface area contributed by atoms with Crippen molar-refractivity contribution in [3.63, 3.8) is 0 Å². The van der Waals surface area contributed by atoms with Crippen LogP contribution in [0.4, 0.5) is 10.3 Å². The highest BCUT2D eigenvalue weighted by Crippen LogP contribution is 2.16. The molecule has 1 N–H and O–H groups in total. The van der Waals surface area contributed by atoms with Gasteiger partial charge in [-0.05, 0) is 31.0 Å². The Balaban J connectivity index is 1.69. The molecule has 0 radical (unpaired) electrons. The molecule has 0 unspecified atom stereocenters. The molecule has 2 aromatic heterocycles. The number of aryl methyl sites for hydroxylation is 3. The lowest BCUT2D eigenvalue weighted by Crippen LogP contribution is -2.13. The van der Waals surface area contributed by atoms with E-state index in [1.807, 2.05) is 18.5 Å². The van der Waals surface area contributed by atoms with Crippen molar-refractivity contribution >= 4 is 17.0 Å². The zero-order valence-electron chi connectivity index (χ0n) is 14.2. The first-order valence-corrected chi connectivity index (χ1v) is 8.19. The Morgan fingerprint density at radius 3 is 2.62 bits per heavy atom. The van der Waals surface area contributed by atoms with Gasteiger partial charge in [-0.15, -0.1) is 5.10 Å². The van der Waals surface area contributed by atoms with E-state index in [-0.39, 0.29) is 5.82 Å². The lowest BCUT2D eigenvalue weighted by molar-refractivity contribution is 0.628. The number of anilines is 1. The minimum atomic E-state index is -0.252. The maximum Gasteiger partial charge on any atom is 0.242 e. The van der Waals surface area contributed by atoms with Gasteiger partial charge in [0.15, 0.2) is 0 Å². The first kappa shape index (κ1) is 16.3. The number of imidazole rings is 1. The third-order valence-corrected chi connectivity index (χ3v) is 4.08. The Bertz CT molecular complexity index is 858. The van der Waals surface area contributed by atoms with Gasteiger partial charge < -0.3 is 9.88 Å². The summed E-state index contributed by atoms with van der Waals surface area (Å²) in [7, 11) is 1.90. The van der Waals surface area contributed by atoms with Crippen molar-refractivity contribution in [1.29, 1.82) is 0 Å². The number of aromatic nitrogens is 5. The number of rotatable bonds is 6. The molecular weight excluding hydrogens is 307 g/mol. The third-order valence-electron chi connectivity index (χ3n) is 4.08. The fraction of sp³-hybridized carbons (Fsp3) is 0.412. The van der Waals surface area contributed by atoms with E-state index in [1.165, 1.54) is 12.1 Å². The molecule has 0 aliphatic heterocycles. The highest BCUT2D eigenvalue weighted by Gasteiger charge is 2.09. The molecule has 2 heterocycles. The first-order chi connectivity index (χ1) is 11.6. The summed E-state index contributed by atoms with van der Waals surface area (Å²) in [6.45, 7) is 4.74. The number of nitrogens with zero attached hydrogens (tertiary/aromatic N) is 5. The molecule has 6 nitrogen and oxygen atoms in total. The minimum absolute atomic E-state index is 0.252. The van der Waals surface area contributed by atoms with Gasteiger partial charge in [0.2, 0.25) is 5.95 Å². The van der Waals surface area contributed by atoms with Gasteiger partial charge in [-0.25, -0.2) is 14.4 Å². The van der Waals surface area contributed by atoms with Crippen LogP contribution in [0.15, 0.2) is 18.2 Å². The van der Waals surface area contributed by atoms with E-state index in [1.54, 1.807) is 6.07 Å². The maximum atomic E-state index is 13.4. The van der Waals surface area contributed by atoms with Crippen LogP contribution in [0, 0.1) is 5.82 Å². The van der Waals surface area contributed by atoms with E-state index in [4.69, 9.17) is 0 Å². The van der Waals surface area contributed by atoms with Gasteiger partial charge in [-0.3, -0.25) is 0 Å². The van der Waals surface area contributed by atoms with Crippen molar-refractivity contribution in [3.8, 4) is 0 Å². The van der Waals surface area contributed by atoms with Crippen molar-refractivity contribution in [1.82, 2.24) is 24.7 Å². The summed E-state index contributed by atoms with van der Waals surface area (Å²) in [5.74, 6) is 1.17. The standard InChI is InChI=1S/C17H21FN6/c1-4-12-13(5-2)22-23-17(21-12)19-9-8-16-20-14-7-6-11(18)10-15(14)24(16)3/h6-7,10H,4-5,8-9H2,1-3H3,(H,19,21,23). The molecule has 0 saturated carbocycles. The topological polar surface area (TPSA) is 68.5 Å². The predicted molar refractivity (Wildman–Crippen MR) is 91.4 cm³/mol. The minimum Gasteiger partial charge on any atom is -0.352 e. The summed E-state index contributed by atoms with van der Waals surface area (Å²) in [6, 6.07) is 4.63. The maximum absolute atomic E-state index is 13.4. The average Bonchev–Trinajstić information content (AvgIpc) is 2.90. The Morgan fingerprint density at radius 2 is 1.88 bits per heavy atom. The summed E-state index contributed by atoms with van der Waals surface area (Å²) < 4.78 is 15.3. The number of hydrogen-bond donors (Lipinski definition) is 1. The SMILES string of the molecule is CCc1nnc(NCCc2nc3ccc(F)cc3n2C)nc1CC. The molecule has 3 aromatic rings. The van der Waals surface area contributed by atoms with Crippen LogP contribution in [-0.4, -0.2) is 31.3 Å². The van der Waals surface area contributed by atoms with Crippen LogP contribution in [-0.2, 0) is 26.3 Å². The summed E-state index contributed by atoms with van der Waals surface area (Å²) in [4.78, 5) is 9.05. The molecule has 0 atom stereocenters. The number of fused-ring (bicyclic) bond motifs is 1. The summed E-state index contributed by atoms with van der Waals surface area (Å²) in [5, 5.41) is 11.5. The second kappa shape index (κ2) is 6.90. The molecule has 0 aliphatic rings. The smallest absolute Gasteiger partial charge is 0.242 e. The highest BCUT2D eigenvalue weighted by atomic mass is 19.1. The van der Waals surface area contributed by atoms with Gasteiger partial charge in [-0.2, -0.15) is 5.10 Å². The van der Waals surface area contributed by atoms with E-state index in [9.17, 15) is 4.39 Å². The lowest BCUT2D eigenvalue weighted by Gasteiger charge is -2.08. The van der Waals surface area contributed by atoms with Gasteiger partial charge in [0.05, 0.1) is 22.4 Å². The van der Waals surface area contributed by atoms with Gasteiger partial charge in [0, 0.05) is 20.0 Å². The van der Waals surface area contributed by atoms with E-state index in [2.05, 4.69) is 32.4 Å². The molecule has 7 heteroatoms. The Labute approximate surface area is 140 Å². The molecule has 0 bridgehead atoms. The Hall–Kier alpha value is -2.57. The first-order valence-electron chi connectivity index (χ1n) is 8.19. The Morgan fingerprint density at radius 1 is 1.08 bits per heavy atom. The quantitative estimate of drug-likeness (QED) is 0.753. The van der Waals surface area contributed by atoms with Crippen LogP contribution < -0.4 is 5.32 Å². The Kier molecular flexibility index (Phi) is 4.69. The molecule has 0 amide bonds. The third kappa shape index (κ3) is 3.20. The van der Waals surface area contributed by atoms with Crippen molar-refractivity contribution in [2.45, 2.75) is 33.1 Å². The lowest BCUT2D eigenvalue weighted by atomic mass is 10.2. The summed E-state index contributed by atoms with van der Waals surface area (Å²) in [6.07, 6.45) is 2.36. The van der Waals surface area contributed by atoms with E-state index in [0.717, 1.165) is 41.1 Å². The molecular formula is C17H21FN6. The molecule has 0 spiro atoms. The average molecular weight is 328 g/mol. The fourth-order valence-electron chi connectivity index (χ4n) is 2.74. The van der Waals surface area contributed by atoms with E-state index >= 15 is 0 Å². The second-order valence-electron chi connectivity index (χ2n) is 5.63. The van der Waals surface area contributed by atoms with Crippen LogP contribution in [0.25, 0.3) is 11.0 Å². The highest BCUT2D eigenvalue weighted by molar-refractivity contribution is 5.75. The van der Waals surface area contributed by atoms with Crippen molar-refractivity contribution in [2.24, 2.45) is 7.05 Å². The molecule has 0 fully saturated rings. The van der Waals surface area contributed by atoms with Crippen LogP contribution in [0.3, 0.4) is 0 Å². The molecule has 0 saturated heterocycles. The van der Waals surface area contributed by atoms with Gasteiger partial charge in [0.1, 0.15) is 11.6 Å². The summed E-state index contributed by atoms with van der Waals surface area (Å²) in [5.41, 5.74) is 3.52. The van der Waals surface area contributed by atoms with Crippen LogP contribution >= 0.6 is 0 Å². The zero-order valence-corrected chi connectivity index (χ0v) is 14.2.